The Morgan fingerprint density at radius 3 is 2.62 bits per heavy atom. The normalized spacial score (nSPS) is 27.7. The molecular weight excluding hydrogens is 288 g/mol. The zero-order valence-electron chi connectivity index (χ0n) is 11.9. The smallest absolute Gasteiger partial charge is 0.226 e. The molecule has 1 amide bonds. The lowest BCUT2D eigenvalue weighted by molar-refractivity contribution is -0.133. The number of hydrogen-bond acceptors (Lipinski definition) is 4. The van der Waals surface area contributed by atoms with Gasteiger partial charge in [0.25, 0.3) is 0 Å². The maximum absolute atomic E-state index is 12.4. The van der Waals surface area contributed by atoms with Gasteiger partial charge >= 0.3 is 0 Å². The van der Waals surface area contributed by atoms with Crippen LogP contribution >= 0.6 is 0 Å². The third-order valence-corrected chi connectivity index (χ3v) is 5.99. The van der Waals surface area contributed by atoms with Crippen LogP contribution in [-0.2, 0) is 14.6 Å². The number of likely N-dealkylation sites (tertiary alicyclic amines) is 1. The number of nitrogens with zero attached hydrogens (tertiary/aromatic N) is 1. The molecule has 6 heteroatoms. The van der Waals surface area contributed by atoms with Gasteiger partial charge in [0.1, 0.15) is 0 Å². The van der Waals surface area contributed by atoms with Crippen molar-refractivity contribution in [1.29, 1.82) is 0 Å². The lowest BCUT2D eigenvalue weighted by Crippen LogP contribution is -2.36. The number of anilines is 1. The van der Waals surface area contributed by atoms with Gasteiger partial charge in [0.05, 0.1) is 17.4 Å². The number of benzene rings is 1. The largest absolute Gasteiger partial charge is 0.380 e. The van der Waals surface area contributed by atoms with E-state index in [0.29, 0.717) is 19.5 Å². The predicted molar refractivity (Wildman–Crippen MR) is 81.8 cm³/mol. The topological polar surface area (TPSA) is 66.5 Å². The number of sulfone groups is 1. The van der Waals surface area contributed by atoms with E-state index in [-0.39, 0.29) is 29.4 Å². The van der Waals surface area contributed by atoms with Crippen LogP contribution in [0.5, 0.6) is 0 Å². The molecule has 0 saturated carbocycles. The van der Waals surface area contributed by atoms with Gasteiger partial charge in [-0.15, -0.1) is 0 Å². The Balaban J connectivity index is 1.56. The monoisotopic (exact) mass is 308 g/mol. The molecule has 2 aliphatic heterocycles. The molecule has 0 radical (unpaired) electrons. The van der Waals surface area contributed by atoms with Crippen molar-refractivity contribution in [3.05, 3.63) is 30.3 Å². The van der Waals surface area contributed by atoms with E-state index in [2.05, 4.69) is 5.32 Å². The second-order valence-corrected chi connectivity index (χ2v) is 8.11. The van der Waals surface area contributed by atoms with Crippen LogP contribution in [0.2, 0.25) is 0 Å². The Kier molecular flexibility index (Phi) is 3.89. The predicted octanol–water partition coefficient (Wildman–Crippen LogP) is 1.13. The lowest BCUT2D eigenvalue weighted by atomic mass is 10.1. The van der Waals surface area contributed by atoms with E-state index in [4.69, 9.17) is 0 Å². The van der Waals surface area contributed by atoms with E-state index in [1.54, 1.807) is 0 Å². The standard InChI is InChI=1S/C15H20N2O3S/c18-15(12-7-9-21(19,20)11-12)17-8-6-14(10-17)16-13-4-2-1-3-5-13/h1-5,12,14,16H,6-11H2/t12-,14-/m1/s1. The maximum Gasteiger partial charge on any atom is 0.226 e. The van der Waals surface area contributed by atoms with Crippen LogP contribution in [0.15, 0.2) is 30.3 Å². The molecule has 2 aliphatic rings. The maximum atomic E-state index is 12.4. The summed E-state index contributed by atoms with van der Waals surface area (Å²) in [6.45, 7) is 1.37. The molecule has 2 fully saturated rings. The highest BCUT2D eigenvalue weighted by atomic mass is 32.2. The fourth-order valence-electron chi connectivity index (χ4n) is 3.10. The van der Waals surface area contributed by atoms with Gasteiger partial charge in [0.2, 0.25) is 5.91 Å². The highest BCUT2D eigenvalue weighted by Gasteiger charge is 2.37. The fraction of sp³-hybridized carbons (Fsp3) is 0.533. The van der Waals surface area contributed by atoms with Crippen molar-refractivity contribution < 1.29 is 13.2 Å². The molecule has 2 heterocycles. The molecule has 0 unspecified atom stereocenters. The SMILES string of the molecule is O=C([C@@H]1CCS(=O)(=O)C1)N1CC[C@@H](Nc2ccccc2)C1. The van der Waals surface area contributed by atoms with Crippen LogP contribution in [0.4, 0.5) is 5.69 Å². The van der Waals surface area contributed by atoms with Gasteiger partial charge in [-0.05, 0) is 25.0 Å². The molecule has 3 rings (SSSR count). The minimum atomic E-state index is -3.00. The van der Waals surface area contributed by atoms with Crippen molar-refractivity contribution in [2.24, 2.45) is 5.92 Å². The van der Waals surface area contributed by atoms with E-state index in [0.717, 1.165) is 12.1 Å². The lowest BCUT2D eigenvalue weighted by Gasteiger charge is -2.20. The summed E-state index contributed by atoms with van der Waals surface area (Å²) in [5.41, 5.74) is 1.06. The minimum Gasteiger partial charge on any atom is -0.380 e. The Morgan fingerprint density at radius 1 is 1.19 bits per heavy atom. The van der Waals surface area contributed by atoms with Gasteiger partial charge in [0.15, 0.2) is 9.84 Å². The van der Waals surface area contributed by atoms with E-state index >= 15 is 0 Å². The van der Waals surface area contributed by atoms with Gasteiger partial charge in [-0.25, -0.2) is 8.42 Å². The van der Waals surface area contributed by atoms with Gasteiger partial charge in [-0.2, -0.15) is 0 Å². The Morgan fingerprint density at radius 2 is 1.95 bits per heavy atom. The highest BCUT2D eigenvalue weighted by Crippen LogP contribution is 2.24. The van der Waals surface area contributed by atoms with E-state index in [1.165, 1.54) is 0 Å². The molecule has 1 aromatic carbocycles. The molecule has 2 atom stereocenters. The van der Waals surface area contributed by atoms with Gasteiger partial charge in [-0.1, -0.05) is 18.2 Å². The summed E-state index contributed by atoms with van der Waals surface area (Å²) in [6, 6.07) is 10.2. The molecule has 0 spiro atoms. The van der Waals surface area contributed by atoms with Crippen LogP contribution in [0, 0.1) is 5.92 Å². The van der Waals surface area contributed by atoms with Crippen molar-refractivity contribution in [2.75, 3.05) is 29.9 Å². The molecule has 21 heavy (non-hydrogen) atoms. The van der Waals surface area contributed by atoms with E-state index < -0.39 is 9.84 Å². The molecule has 2 saturated heterocycles. The molecule has 5 nitrogen and oxygen atoms in total. The van der Waals surface area contributed by atoms with Crippen LogP contribution in [0.25, 0.3) is 0 Å². The molecule has 1 N–H and O–H groups in total. The molecule has 0 bridgehead atoms. The second-order valence-electron chi connectivity index (χ2n) is 5.88. The number of nitrogens with one attached hydrogen (secondary N) is 1. The van der Waals surface area contributed by atoms with Crippen molar-refractivity contribution >= 4 is 21.4 Å². The van der Waals surface area contributed by atoms with Crippen molar-refractivity contribution in [3.8, 4) is 0 Å². The van der Waals surface area contributed by atoms with E-state index in [1.807, 2.05) is 35.2 Å². The average molecular weight is 308 g/mol. The number of carbonyl (C=O) groups is 1. The molecule has 0 aliphatic carbocycles. The Bertz CT molecular complexity index is 615. The number of carbonyl (C=O) groups excluding carboxylic acids is 1. The number of hydrogen-bond donors (Lipinski definition) is 1. The average Bonchev–Trinajstić information content (AvgIpc) is 3.06. The third-order valence-electron chi connectivity index (χ3n) is 4.23. The third kappa shape index (κ3) is 3.37. The zero-order chi connectivity index (χ0) is 14.9. The number of amides is 1. The van der Waals surface area contributed by atoms with Crippen LogP contribution in [-0.4, -0.2) is 49.9 Å². The fourth-order valence-corrected chi connectivity index (χ4v) is 4.83. The summed E-state index contributed by atoms with van der Waals surface area (Å²) in [4.78, 5) is 14.2. The summed E-state index contributed by atoms with van der Waals surface area (Å²) in [5.74, 6) is -0.138. The Labute approximate surface area is 125 Å². The first kappa shape index (κ1) is 14.4. The van der Waals surface area contributed by atoms with Crippen molar-refractivity contribution in [1.82, 2.24) is 4.90 Å². The van der Waals surface area contributed by atoms with Crippen LogP contribution in [0.3, 0.4) is 0 Å². The first-order valence-electron chi connectivity index (χ1n) is 7.34. The summed E-state index contributed by atoms with van der Waals surface area (Å²) in [5, 5.41) is 3.42. The molecule has 1 aromatic rings. The second kappa shape index (κ2) is 5.67. The number of rotatable bonds is 3. The first-order valence-corrected chi connectivity index (χ1v) is 9.16. The minimum absolute atomic E-state index is 0.00781. The van der Waals surface area contributed by atoms with Crippen molar-refractivity contribution in [2.45, 2.75) is 18.9 Å². The van der Waals surface area contributed by atoms with Crippen LogP contribution in [0.1, 0.15) is 12.8 Å². The van der Waals surface area contributed by atoms with Gasteiger partial charge in [-0.3, -0.25) is 4.79 Å². The van der Waals surface area contributed by atoms with Gasteiger partial charge < -0.3 is 10.2 Å². The van der Waals surface area contributed by atoms with Gasteiger partial charge in [0, 0.05) is 24.8 Å². The molecule has 0 aromatic heterocycles. The van der Waals surface area contributed by atoms with Crippen molar-refractivity contribution in [3.63, 3.8) is 0 Å². The summed E-state index contributed by atoms with van der Waals surface area (Å²) < 4.78 is 23.0. The summed E-state index contributed by atoms with van der Waals surface area (Å²) in [6.07, 6.45) is 1.38. The number of para-hydroxylation sites is 1. The van der Waals surface area contributed by atoms with E-state index in [9.17, 15) is 13.2 Å². The van der Waals surface area contributed by atoms with Crippen LogP contribution < -0.4 is 5.32 Å². The summed E-state index contributed by atoms with van der Waals surface area (Å²) >= 11 is 0. The summed E-state index contributed by atoms with van der Waals surface area (Å²) in [7, 11) is -3.00. The first-order chi connectivity index (χ1) is 10.0. The Hall–Kier alpha value is -1.56. The highest BCUT2D eigenvalue weighted by molar-refractivity contribution is 7.91. The zero-order valence-corrected chi connectivity index (χ0v) is 12.7. The molecule has 114 valence electrons. The molecular formula is C15H20N2O3S. The quantitative estimate of drug-likeness (QED) is 0.909.